The third-order valence-corrected chi connectivity index (χ3v) is 3.96. The first-order chi connectivity index (χ1) is 12.6. The number of benzene rings is 2. The number of hydrogen-bond donors (Lipinski definition) is 2. The Balaban J connectivity index is 1.84. The molecule has 2 rings (SSSR count). The van der Waals surface area contributed by atoms with Crippen LogP contribution >= 0.6 is 0 Å². The van der Waals surface area contributed by atoms with Gasteiger partial charge >= 0.3 is 5.97 Å². The molecule has 0 saturated heterocycles. The Morgan fingerprint density at radius 2 is 1.69 bits per heavy atom. The predicted octanol–water partition coefficient (Wildman–Crippen LogP) is 3.93. The van der Waals surface area contributed by atoms with Crippen LogP contribution in [0, 0.1) is 0 Å². The first-order valence-electron chi connectivity index (χ1n) is 8.99. The zero-order chi connectivity index (χ0) is 18.8. The molecular formula is C21H26N2O3. The maximum Gasteiger partial charge on any atom is 0.338 e. The van der Waals surface area contributed by atoms with Gasteiger partial charge in [0.2, 0.25) is 5.91 Å². The van der Waals surface area contributed by atoms with E-state index in [1.165, 1.54) is 0 Å². The van der Waals surface area contributed by atoms with Crippen molar-refractivity contribution in [2.24, 2.45) is 0 Å². The standard InChI is InChI=1S/C21H26N2O3/c1-3-14-26-21(25)17-10-12-18(13-11-17)22-15-20(24)23-19(4-2)16-8-6-5-7-9-16/h5-13,19,22H,3-4,14-15H2,1-2H3,(H,23,24). The second-order valence-corrected chi connectivity index (χ2v) is 6.01. The van der Waals surface area contributed by atoms with Gasteiger partial charge in [-0.25, -0.2) is 4.79 Å². The van der Waals surface area contributed by atoms with Crippen LogP contribution in [0.15, 0.2) is 54.6 Å². The van der Waals surface area contributed by atoms with Crippen molar-refractivity contribution in [1.29, 1.82) is 0 Å². The summed E-state index contributed by atoms with van der Waals surface area (Å²) in [6, 6.07) is 16.8. The Morgan fingerprint density at radius 3 is 2.31 bits per heavy atom. The Morgan fingerprint density at radius 1 is 1.00 bits per heavy atom. The predicted molar refractivity (Wildman–Crippen MR) is 103 cm³/mol. The van der Waals surface area contributed by atoms with Gasteiger partial charge in [-0.05, 0) is 42.7 Å². The van der Waals surface area contributed by atoms with E-state index in [2.05, 4.69) is 10.6 Å². The minimum absolute atomic E-state index is 0.00112. The molecule has 5 heteroatoms. The third kappa shape index (κ3) is 5.92. The van der Waals surface area contributed by atoms with Gasteiger partial charge in [-0.3, -0.25) is 4.79 Å². The lowest BCUT2D eigenvalue weighted by Gasteiger charge is -2.18. The third-order valence-electron chi connectivity index (χ3n) is 3.96. The van der Waals surface area contributed by atoms with Gasteiger partial charge in [-0.2, -0.15) is 0 Å². The Labute approximate surface area is 154 Å². The fraction of sp³-hybridized carbons (Fsp3) is 0.333. The zero-order valence-corrected chi connectivity index (χ0v) is 15.3. The monoisotopic (exact) mass is 354 g/mol. The van der Waals surface area contributed by atoms with Crippen molar-refractivity contribution in [3.63, 3.8) is 0 Å². The topological polar surface area (TPSA) is 67.4 Å². The SMILES string of the molecule is CCCOC(=O)c1ccc(NCC(=O)NC(CC)c2ccccc2)cc1. The van der Waals surface area contributed by atoms with E-state index in [0.717, 1.165) is 24.1 Å². The normalized spacial score (nSPS) is 11.5. The lowest BCUT2D eigenvalue weighted by molar-refractivity contribution is -0.120. The van der Waals surface area contributed by atoms with Gasteiger partial charge in [0.25, 0.3) is 0 Å². The molecule has 0 fully saturated rings. The molecule has 0 aliphatic carbocycles. The highest BCUT2D eigenvalue weighted by Crippen LogP contribution is 2.16. The molecule has 2 N–H and O–H groups in total. The van der Waals surface area contributed by atoms with E-state index >= 15 is 0 Å². The first kappa shape index (κ1) is 19.5. The van der Waals surface area contributed by atoms with Crippen molar-refractivity contribution >= 4 is 17.6 Å². The van der Waals surface area contributed by atoms with Gasteiger partial charge in [0.05, 0.1) is 24.8 Å². The largest absolute Gasteiger partial charge is 0.462 e. The molecule has 2 aromatic carbocycles. The van der Waals surface area contributed by atoms with Crippen molar-refractivity contribution < 1.29 is 14.3 Å². The number of rotatable bonds is 9. The molecule has 0 bridgehead atoms. The average molecular weight is 354 g/mol. The summed E-state index contributed by atoms with van der Waals surface area (Å²) in [4.78, 5) is 24.0. The molecule has 0 aromatic heterocycles. The van der Waals surface area contributed by atoms with Gasteiger partial charge in [-0.15, -0.1) is 0 Å². The Kier molecular flexibility index (Phi) is 7.68. The van der Waals surface area contributed by atoms with Crippen molar-refractivity contribution in [3.8, 4) is 0 Å². The summed E-state index contributed by atoms with van der Waals surface area (Å²) in [7, 11) is 0. The molecular weight excluding hydrogens is 328 g/mol. The van der Waals surface area contributed by atoms with Crippen molar-refractivity contribution in [2.75, 3.05) is 18.5 Å². The number of carbonyl (C=O) groups is 2. The second-order valence-electron chi connectivity index (χ2n) is 6.01. The van der Waals surface area contributed by atoms with Crippen LogP contribution < -0.4 is 10.6 Å². The minimum Gasteiger partial charge on any atom is -0.462 e. The molecule has 0 saturated carbocycles. The van der Waals surface area contributed by atoms with Crippen molar-refractivity contribution in [1.82, 2.24) is 5.32 Å². The molecule has 1 unspecified atom stereocenters. The lowest BCUT2D eigenvalue weighted by atomic mass is 10.0. The quantitative estimate of drug-likeness (QED) is 0.670. The van der Waals surface area contributed by atoms with Crippen LogP contribution in [0.1, 0.15) is 48.7 Å². The molecule has 2 aromatic rings. The maximum absolute atomic E-state index is 12.2. The fourth-order valence-corrected chi connectivity index (χ4v) is 2.54. The minimum atomic E-state index is -0.329. The molecule has 1 amide bonds. The molecule has 1 atom stereocenters. The number of hydrogen-bond acceptors (Lipinski definition) is 4. The lowest BCUT2D eigenvalue weighted by Crippen LogP contribution is -2.33. The Hall–Kier alpha value is -2.82. The molecule has 26 heavy (non-hydrogen) atoms. The van der Waals surface area contributed by atoms with Crippen LogP contribution in [-0.4, -0.2) is 25.0 Å². The highest BCUT2D eigenvalue weighted by molar-refractivity contribution is 5.90. The van der Waals surface area contributed by atoms with Crippen LogP contribution in [0.5, 0.6) is 0 Å². The maximum atomic E-state index is 12.2. The number of anilines is 1. The number of nitrogens with one attached hydrogen (secondary N) is 2. The van der Waals surface area contributed by atoms with Crippen LogP contribution in [0.2, 0.25) is 0 Å². The summed E-state index contributed by atoms with van der Waals surface area (Å²) >= 11 is 0. The van der Waals surface area contributed by atoms with E-state index < -0.39 is 0 Å². The number of ether oxygens (including phenoxy) is 1. The van der Waals surface area contributed by atoms with Crippen LogP contribution in [-0.2, 0) is 9.53 Å². The van der Waals surface area contributed by atoms with E-state index in [1.54, 1.807) is 24.3 Å². The smallest absolute Gasteiger partial charge is 0.338 e. The van der Waals surface area contributed by atoms with Crippen LogP contribution in [0.25, 0.3) is 0 Å². The van der Waals surface area contributed by atoms with Crippen molar-refractivity contribution in [2.45, 2.75) is 32.7 Å². The van der Waals surface area contributed by atoms with Gasteiger partial charge in [0, 0.05) is 5.69 Å². The molecule has 5 nitrogen and oxygen atoms in total. The molecule has 0 radical (unpaired) electrons. The van der Waals surface area contributed by atoms with E-state index in [1.807, 2.05) is 44.2 Å². The van der Waals surface area contributed by atoms with Gasteiger partial charge in [0.1, 0.15) is 0 Å². The Bertz CT molecular complexity index is 699. The summed E-state index contributed by atoms with van der Waals surface area (Å²) < 4.78 is 5.09. The van der Waals surface area contributed by atoms with E-state index in [4.69, 9.17) is 4.74 Å². The average Bonchev–Trinajstić information content (AvgIpc) is 2.69. The van der Waals surface area contributed by atoms with Gasteiger partial charge in [0.15, 0.2) is 0 Å². The summed E-state index contributed by atoms with van der Waals surface area (Å²) in [5, 5.41) is 6.10. The molecule has 0 heterocycles. The summed E-state index contributed by atoms with van der Waals surface area (Å²) in [5.41, 5.74) is 2.38. The summed E-state index contributed by atoms with van der Waals surface area (Å²) in [6.07, 6.45) is 1.62. The summed E-state index contributed by atoms with van der Waals surface area (Å²) in [6.45, 7) is 4.58. The zero-order valence-electron chi connectivity index (χ0n) is 15.3. The van der Waals surface area contributed by atoms with Gasteiger partial charge < -0.3 is 15.4 Å². The molecule has 0 aliphatic rings. The summed E-state index contributed by atoms with van der Waals surface area (Å²) in [5.74, 6) is -0.406. The molecule has 138 valence electrons. The van der Waals surface area contributed by atoms with Gasteiger partial charge in [-0.1, -0.05) is 44.2 Å². The number of esters is 1. The second kappa shape index (κ2) is 10.2. The molecule has 0 spiro atoms. The highest BCUT2D eigenvalue weighted by Gasteiger charge is 2.12. The van der Waals surface area contributed by atoms with E-state index in [9.17, 15) is 9.59 Å². The van der Waals surface area contributed by atoms with Crippen LogP contribution in [0.4, 0.5) is 5.69 Å². The van der Waals surface area contributed by atoms with E-state index in [0.29, 0.717) is 12.2 Å². The highest BCUT2D eigenvalue weighted by atomic mass is 16.5. The fourth-order valence-electron chi connectivity index (χ4n) is 2.54. The van der Waals surface area contributed by atoms with E-state index in [-0.39, 0.29) is 24.5 Å². The van der Waals surface area contributed by atoms with Crippen molar-refractivity contribution in [3.05, 3.63) is 65.7 Å². The number of amides is 1. The first-order valence-corrected chi connectivity index (χ1v) is 8.99. The number of carbonyl (C=O) groups excluding carboxylic acids is 2. The van der Waals surface area contributed by atoms with Crippen LogP contribution in [0.3, 0.4) is 0 Å². The molecule has 0 aliphatic heterocycles.